The Balaban J connectivity index is 1.24. The van der Waals surface area contributed by atoms with Crippen LogP contribution in [-0.2, 0) is 39.4 Å². The first-order valence-corrected chi connectivity index (χ1v) is 15.1. The van der Waals surface area contributed by atoms with Gasteiger partial charge in [0.2, 0.25) is 0 Å². The lowest BCUT2D eigenvalue weighted by Crippen LogP contribution is -2.41. The Morgan fingerprint density at radius 1 is 1.02 bits per heavy atom. The van der Waals surface area contributed by atoms with Crippen molar-refractivity contribution in [3.8, 4) is 11.1 Å². The molecule has 42 heavy (non-hydrogen) atoms. The highest BCUT2D eigenvalue weighted by molar-refractivity contribution is 6.06. The van der Waals surface area contributed by atoms with Crippen LogP contribution in [0.3, 0.4) is 0 Å². The van der Waals surface area contributed by atoms with Gasteiger partial charge in [-0.15, -0.1) is 0 Å². The number of likely N-dealkylation sites (N-methyl/N-ethyl adjacent to an activating group) is 1. The normalized spacial score (nSPS) is 18.5. The third-order valence-corrected chi connectivity index (χ3v) is 9.38. The van der Waals surface area contributed by atoms with Crippen molar-refractivity contribution in [3.05, 3.63) is 75.2 Å². The predicted molar refractivity (Wildman–Crippen MR) is 164 cm³/mol. The van der Waals surface area contributed by atoms with E-state index in [0.29, 0.717) is 30.3 Å². The zero-order chi connectivity index (χ0) is 29.1. The minimum atomic E-state index is -0.127. The van der Waals surface area contributed by atoms with Gasteiger partial charge in [0.25, 0.3) is 11.5 Å². The number of aromatic nitrogens is 5. The molecule has 10 nitrogen and oxygen atoms in total. The van der Waals surface area contributed by atoms with Gasteiger partial charge >= 0.3 is 0 Å². The molecular weight excluding hydrogens is 528 g/mol. The van der Waals surface area contributed by atoms with Crippen molar-refractivity contribution in [1.82, 2.24) is 28.8 Å². The van der Waals surface area contributed by atoms with Gasteiger partial charge in [0, 0.05) is 68.0 Å². The summed E-state index contributed by atoms with van der Waals surface area (Å²) in [6.07, 6.45) is 8.81. The molecule has 1 N–H and O–H groups in total. The summed E-state index contributed by atoms with van der Waals surface area (Å²) in [6.45, 7) is 7.39. The fourth-order valence-corrected chi connectivity index (χ4v) is 6.94. The smallest absolute Gasteiger partial charge is 0.276 e. The number of amides is 1. The van der Waals surface area contributed by atoms with E-state index in [2.05, 4.69) is 41.7 Å². The summed E-state index contributed by atoms with van der Waals surface area (Å²) in [5.41, 5.74) is 7.76. The summed E-state index contributed by atoms with van der Waals surface area (Å²) in [7, 11) is 3.88. The standard InChI is InChI=1S/C32H38N8O2/c1-5-23-24(10-11-33-30(23)39-14-13-38-26-9-7-6-8-21(26)17-28(38)32(39)42)22-16-25(31(41)37(4)19-22)34-29-18-27-20(2)36(3)12-15-40(27)35-29/h10-11,16-20H,5-9,12-15H2,1-4H3,(H,34,35). The lowest BCUT2D eigenvalue weighted by Gasteiger charge is -2.31. The number of fused-ring (bicyclic) bond motifs is 4. The number of nitrogens with one attached hydrogen (secondary N) is 1. The van der Waals surface area contributed by atoms with Crippen LogP contribution in [0.2, 0.25) is 0 Å². The van der Waals surface area contributed by atoms with Crippen molar-refractivity contribution in [3.63, 3.8) is 0 Å². The second-order valence-corrected chi connectivity index (χ2v) is 11.8. The van der Waals surface area contributed by atoms with Crippen LogP contribution in [0, 0.1) is 0 Å². The average molecular weight is 567 g/mol. The van der Waals surface area contributed by atoms with Gasteiger partial charge in [0.15, 0.2) is 5.82 Å². The molecule has 7 rings (SSSR count). The maximum atomic E-state index is 13.8. The number of carbonyl (C=O) groups is 1. The van der Waals surface area contributed by atoms with Crippen LogP contribution in [0.5, 0.6) is 0 Å². The van der Waals surface area contributed by atoms with Crippen LogP contribution in [0.1, 0.15) is 65.7 Å². The molecule has 4 aromatic rings. The molecule has 0 saturated carbocycles. The molecule has 0 radical (unpaired) electrons. The largest absolute Gasteiger partial charge is 0.339 e. The van der Waals surface area contributed by atoms with Crippen LogP contribution < -0.4 is 15.8 Å². The second-order valence-electron chi connectivity index (χ2n) is 11.8. The number of rotatable bonds is 5. The molecule has 1 unspecified atom stereocenters. The highest BCUT2D eigenvalue weighted by atomic mass is 16.2. The lowest BCUT2D eigenvalue weighted by molar-refractivity contribution is 0.0963. The summed E-state index contributed by atoms with van der Waals surface area (Å²) in [5, 5.41) is 8.04. The van der Waals surface area contributed by atoms with E-state index in [1.165, 1.54) is 24.1 Å². The summed E-state index contributed by atoms with van der Waals surface area (Å²) in [4.78, 5) is 35.9. The molecule has 0 bridgehead atoms. The molecular formula is C32H38N8O2. The van der Waals surface area contributed by atoms with Gasteiger partial charge in [-0.25, -0.2) is 4.98 Å². The van der Waals surface area contributed by atoms with Crippen LogP contribution in [0.25, 0.3) is 11.1 Å². The van der Waals surface area contributed by atoms with E-state index in [1.54, 1.807) is 17.8 Å². The fraction of sp³-hybridized carbons (Fsp3) is 0.438. The number of aryl methyl sites for hydroxylation is 2. The maximum absolute atomic E-state index is 13.8. The zero-order valence-electron chi connectivity index (χ0n) is 24.9. The van der Waals surface area contributed by atoms with Crippen molar-refractivity contribution in [2.24, 2.45) is 7.05 Å². The van der Waals surface area contributed by atoms with Gasteiger partial charge in [0.1, 0.15) is 17.2 Å². The summed E-state index contributed by atoms with van der Waals surface area (Å²) < 4.78 is 5.86. The van der Waals surface area contributed by atoms with Crippen molar-refractivity contribution in [2.75, 3.05) is 30.4 Å². The van der Waals surface area contributed by atoms with Crippen molar-refractivity contribution < 1.29 is 4.79 Å². The minimum absolute atomic E-state index is 0.0152. The summed E-state index contributed by atoms with van der Waals surface area (Å²) in [6, 6.07) is 8.27. The highest BCUT2D eigenvalue weighted by Crippen LogP contribution is 2.35. The number of carbonyl (C=O) groups excluding carboxylic acids is 1. The molecule has 3 aliphatic rings. The number of hydrogen-bond acceptors (Lipinski definition) is 6. The van der Waals surface area contributed by atoms with Crippen molar-refractivity contribution in [2.45, 2.75) is 65.1 Å². The van der Waals surface area contributed by atoms with Gasteiger partial charge in [-0.1, -0.05) is 6.92 Å². The molecule has 218 valence electrons. The minimum Gasteiger partial charge on any atom is -0.339 e. The monoisotopic (exact) mass is 566 g/mol. The van der Waals surface area contributed by atoms with Crippen LogP contribution >= 0.6 is 0 Å². The summed E-state index contributed by atoms with van der Waals surface area (Å²) >= 11 is 0. The second kappa shape index (κ2) is 10.3. The van der Waals surface area contributed by atoms with Gasteiger partial charge in [-0.2, -0.15) is 5.10 Å². The first-order chi connectivity index (χ1) is 20.3. The van der Waals surface area contributed by atoms with E-state index < -0.39 is 0 Å². The molecule has 0 saturated heterocycles. The van der Waals surface area contributed by atoms with E-state index in [4.69, 9.17) is 10.1 Å². The molecule has 2 aliphatic heterocycles. The average Bonchev–Trinajstić information content (AvgIpc) is 3.59. The van der Waals surface area contributed by atoms with Crippen LogP contribution in [-0.4, -0.2) is 54.8 Å². The number of anilines is 3. The number of nitrogens with zero attached hydrogens (tertiary/aromatic N) is 7. The van der Waals surface area contributed by atoms with E-state index >= 15 is 0 Å². The molecule has 0 aromatic carbocycles. The first-order valence-electron chi connectivity index (χ1n) is 15.1. The Kier molecular flexibility index (Phi) is 6.53. The van der Waals surface area contributed by atoms with Crippen molar-refractivity contribution in [1.29, 1.82) is 0 Å². The van der Waals surface area contributed by atoms with E-state index in [-0.39, 0.29) is 17.5 Å². The SMILES string of the molecule is CCc1c(-c2cc(Nc3cc4n(n3)CCN(C)C4C)c(=O)n(C)c2)ccnc1N1CCn2c(cc3c2CCCC3)C1=O. The maximum Gasteiger partial charge on any atom is 0.276 e. The third-order valence-electron chi connectivity index (χ3n) is 9.38. The molecule has 1 atom stereocenters. The highest BCUT2D eigenvalue weighted by Gasteiger charge is 2.32. The van der Waals surface area contributed by atoms with Crippen LogP contribution in [0.15, 0.2) is 41.5 Å². The molecule has 1 aliphatic carbocycles. The lowest BCUT2D eigenvalue weighted by atomic mass is 9.98. The molecule has 0 spiro atoms. The third kappa shape index (κ3) is 4.27. The first kappa shape index (κ1) is 26.7. The Morgan fingerprint density at radius 2 is 1.86 bits per heavy atom. The quantitative estimate of drug-likeness (QED) is 0.387. The van der Waals surface area contributed by atoms with Gasteiger partial charge in [-0.3, -0.25) is 24.1 Å². The van der Waals surface area contributed by atoms with Crippen LogP contribution in [0.4, 0.5) is 17.3 Å². The fourth-order valence-electron chi connectivity index (χ4n) is 6.94. The van der Waals surface area contributed by atoms with E-state index in [1.807, 2.05) is 34.0 Å². The molecule has 1 amide bonds. The molecule has 4 aromatic heterocycles. The molecule has 0 fully saturated rings. The van der Waals surface area contributed by atoms with Gasteiger partial charge in [0.05, 0.1) is 12.2 Å². The Bertz CT molecular complexity index is 1760. The Hall–Kier alpha value is -4.18. The summed E-state index contributed by atoms with van der Waals surface area (Å²) in [5.74, 6) is 1.38. The molecule has 10 heteroatoms. The topological polar surface area (TPSA) is 93.2 Å². The van der Waals surface area contributed by atoms with Gasteiger partial charge < -0.3 is 14.5 Å². The van der Waals surface area contributed by atoms with E-state index in [9.17, 15) is 9.59 Å². The van der Waals surface area contributed by atoms with Crippen molar-refractivity contribution >= 4 is 23.2 Å². The Morgan fingerprint density at radius 3 is 2.69 bits per heavy atom. The van der Waals surface area contributed by atoms with E-state index in [0.717, 1.165) is 60.6 Å². The molecule has 6 heterocycles. The number of hydrogen-bond donors (Lipinski definition) is 1. The Labute approximate surface area is 245 Å². The zero-order valence-corrected chi connectivity index (χ0v) is 24.9. The number of pyridine rings is 2. The predicted octanol–water partition coefficient (Wildman–Crippen LogP) is 4.30. The van der Waals surface area contributed by atoms with Gasteiger partial charge in [-0.05, 0) is 75.4 Å².